The van der Waals surface area contributed by atoms with Crippen LogP contribution in [0.1, 0.15) is 11.1 Å². The minimum absolute atomic E-state index is 0.0712. The first-order valence-corrected chi connectivity index (χ1v) is 9.24. The van der Waals surface area contributed by atoms with Crippen LogP contribution in [0.2, 0.25) is 0 Å². The molecule has 1 aliphatic rings. The Labute approximate surface area is 163 Å². The third kappa shape index (κ3) is 5.87. The van der Waals surface area contributed by atoms with Crippen molar-refractivity contribution in [3.63, 3.8) is 0 Å². The Bertz CT molecular complexity index is 833. The second kappa shape index (κ2) is 9.43. The van der Waals surface area contributed by atoms with E-state index in [-0.39, 0.29) is 24.1 Å². The average Bonchev–Trinajstić information content (AvgIpc) is 2.66. The van der Waals surface area contributed by atoms with E-state index in [0.717, 1.165) is 29.9 Å². The fourth-order valence-electron chi connectivity index (χ4n) is 3.03. The standard InChI is InChI=1S/C21H24FN3O3/c1-15-12-18(23-20(26)13-16-2-4-17(22)5-3-16)6-7-19(15)24-21(27)14-25-8-10-28-11-9-25/h2-7,12H,8-11,13-14H2,1H3,(H,23,26)(H,24,27). The molecule has 28 heavy (non-hydrogen) atoms. The number of hydrogen-bond acceptors (Lipinski definition) is 4. The van der Waals surface area contributed by atoms with E-state index in [1.165, 1.54) is 12.1 Å². The Balaban J connectivity index is 1.53. The van der Waals surface area contributed by atoms with Crippen LogP contribution in [0.25, 0.3) is 0 Å². The Morgan fingerprint density at radius 3 is 2.43 bits per heavy atom. The quantitative estimate of drug-likeness (QED) is 0.802. The molecule has 0 aromatic heterocycles. The molecule has 0 aliphatic carbocycles. The van der Waals surface area contributed by atoms with E-state index in [1.54, 1.807) is 24.3 Å². The monoisotopic (exact) mass is 385 g/mol. The molecule has 2 aromatic carbocycles. The van der Waals surface area contributed by atoms with Crippen LogP contribution >= 0.6 is 0 Å². The number of hydrogen-bond donors (Lipinski definition) is 2. The molecule has 0 saturated carbocycles. The van der Waals surface area contributed by atoms with Gasteiger partial charge < -0.3 is 15.4 Å². The number of rotatable bonds is 6. The highest BCUT2D eigenvalue weighted by Crippen LogP contribution is 2.20. The predicted molar refractivity (Wildman–Crippen MR) is 106 cm³/mol. The van der Waals surface area contributed by atoms with Crippen LogP contribution in [0, 0.1) is 12.7 Å². The molecule has 0 unspecified atom stereocenters. The molecule has 0 atom stereocenters. The SMILES string of the molecule is Cc1cc(NC(=O)Cc2ccc(F)cc2)ccc1NC(=O)CN1CCOCC1. The zero-order valence-electron chi connectivity index (χ0n) is 15.8. The maximum atomic E-state index is 12.9. The van der Waals surface area contributed by atoms with Crippen LogP contribution in [0.15, 0.2) is 42.5 Å². The van der Waals surface area contributed by atoms with Crippen molar-refractivity contribution in [3.05, 3.63) is 59.4 Å². The molecule has 1 aliphatic heterocycles. The second-order valence-electron chi connectivity index (χ2n) is 6.82. The fourth-order valence-corrected chi connectivity index (χ4v) is 3.03. The van der Waals surface area contributed by atoms with E-state index in [9.17, 15) is 14.0 Å². The van der Waals surface area contributed by atoms with Gasteiger partial charge in [-0.25, -0.2) is 4.39 Å². The molecule has 1 saturated heterocycles. The highest BCUT2D eigenvalue weighted by atomic mass is 19.1. The molecule has 2 N–H and O–H groups in total. The Morgan fingerprint density at radius 1 is 1.04 bits per heavy atom. The molecule has 1 heterocycles. The van der Waals surface area contributed by atoms with Crippen molar-refractivity contribution in [2.75, 3.05) is 43.5 Å². The highest BCUT2D eigenvalue weighted by Gasteiger charge is 2.15. The normalized spacial score (nSPS) is 14.5. The fraction of sp³-hybridized carbons (Fsp3) is 0.333. The number of carbonyl (C=O) groups is 2. The lowest BCUT2D eigenvalue weighted by atomic mass is 10.1. The number of carbonyl (C=O) groups excluding carboxylic acids is 2. The van der Waals surface area contributed by atoms with Gasteiger partial charge in [-0.1, -0.05) is 12.1 Å². The van der Waals surface area contributed by atoms with Crippen molar-refractivity contribution in [1.82, 2.24) is 4.90 Å². The van der Waals surface area contributed by atoms with E-state index in [4.69, 9.17) is 4.74 Å². The van der Waals surface area contributed by atoms with Gasteiger partial charge in [-0.05, 0) is 48.4 Å². The minimum atomic E-state index is -0.328. The number of ether oxygens (including phenoxy) is 1. The Hall–Kier alpha value is -2.77. The number of nitrogens with zero attached hydrogens (tertiary/aromatic N) is 1. The Morgan fingerprint density at radius 2 is 1.75 bits per heavy atom. The van der Waals surface area contributed by atoms with Crippen LogP contribution in [0.4, 0.5) is 15.8 Å². The molecule has 6 nitrogen and oxygen atoms in total. The van der Waals surface area contributed by atoms with Gasteiger partial charge in [0.2, 0.25) is 11.8 Å². The second-order valence-corrected chi connectivity index (χ2v) is 6.82. The summed E-state index contributed by atoms with van der Waals surface area (Å²) in [6, 6.07) is 11.2. The zero-order chi connectivity index (χ0) is 19.9. The van der Waals surface area contributed by atoms with E-state index < -0.39 is 0 Å². The number of nitrogens with one attached hydrogen (secondary N) is 2. The van der Waals surface area contributed by atoms with Crippen molar-refractivity contribution in [2.24, 2.45) is 0 Å². The summed E-state index contributed by atoms with van der Waals surface area (Å²) in [5, 5.41) is 5.74. The largest absolute Gasteiger partial charge is 0.379 e. The van der Waals surface area contributed by atoms with Gasteiger partial charge in [0.05, 0.1) is 26.2 Å². The molecule has 1 fully saturated rings. The van der Waals surface area contributed by atoms with E-state index >= 15 is 0 Å². The summed E-state index contributed by atoms with van der Waals surface area (Å²) in [5.74, 6) is -0.584. The van der Waals surface area contributed by atoms with Crippen molar-refractivity contribution in [3.8, 4) is 0 Å². The minimum Gasteiger partial charge on any atom is -0.379 e. The lowest BCUT2D eigenvalue weighted by Crippen LogP contribution is -2.41. The van der Waals surface area contributed by atoms with Gasteiger partial charge in [-0.2, -0.15) is 0 Å². The van der Waals surface area contributed by atoms with Gasteiger partial charge in [-0.3, -0.25) is 14.5 Å². The van der Waals surface area contributed by atoms with Crippen LogP contribution in [0.3, 0.4) is 0 Å². The molecule has 148 valence electrons. The van der Waals surface area contributed by atoms with Crippen molar-refractivity contribution in [1.29, 1.82) is 0 Å². The van der Waals surface area contributed by atoms with Gasteiger partial charge in [-0.15, -0.1) is 0 Å². The molecule has 0 spiro atoms. The van der Waals surface area contributed by atoms with Gasteiger partial charge in [0, 0.05) is 24.5 Å². The number of morpholine rings is 1. The molecular formula is C21H24FN3O3. The first kappa shape index (κ1) is 20.0. The smallest absolute Gasteiger partial charge is 0.238 e. The summed E-state index contributed by atoms with van der Waals surface area (Å²) >= 11 is 0. The molecule has 0 bridgehead atoms. The maximum Gasteiger partial charge on any atom is 0.238 e. The summed E-state index contributed by atoms with van der Waals surface area (Å²) in [7, 11) is 0. The lowest BCUT2D eigenvalue weighted by Gasteiger charge is -2.25. The van der Waals surface area contributed by atoms with E-state index in [1.807, 2.05) is 13.0 Å². The summed E-state index contributed by atoms with van der Waals surface area (Å²) < 4.78 is 18.2. The summed E-state index contributed by atoms with van der Waals surface area (Å²) in [5.41, 5.74) is 2.96. The zero-order valence-corrected chi connectivity index (χ0v) is 15.8. The first-order valence-electron chi connectivity index (χ1n) is 9.24. The maximum absolute atomic E-state index is 12.9. The number of aryl methyl sites for hydroxylation is 1. The van der Waals surface area contributed by atoms with Crippen LogP contribution in [0.5, 0.6) is 0 Å². The number of benzene rings is 2. The summed E-state index contributed by atoms with van der Waals surface area (Å²) in [6.07, 6.45) is 0.164. The average molecular weight is 385 g/mol. The first-order chi connectivity index (χ1) is 13.5. The molecule has 0 radical (unpaired) electrons. The van der Waals surface area contributed by atoms with Gasteiger partial charge in [0.1, 0.15) is 5.82 Å². The molecule has 3 rings (SSSR count). The van der Waals surface area contributed by atoms with Gasteiger partial charge in [0.15, 0.2) is 0 Å². The van der Waals surface area contributed by atoms with Crippen LogP contribution in [-0.2, 0) is 20.7 Å². The third-order valence-electron chi connectivity index (χ3n) is 4.53. The van der Waals surface area contributed by atoms with Crippen LogP contribution in [-0.4, -0.2) is 49.6 Å². The highest BCUT2D eigenvalue weighted by molar-refractivity contribution is 5.95. The molecular weight excluding hydrogens is 361 g/mol. The van der Waals surface area contributed by atoms with E-state index in [0.29, 0.717) is 25.4 Å². The lowest BCUT2D eigenvalue weighted by molar-refractivity contribution is -0.118. The summed E-state index contributed by atoms with van der Waals surface area (Å²) in [4.78, 5) is 26.5. The summed E-state index contributed by atoms with van der Waals surface area (Å²) in [6.45, 7) is 5.02. The number of amides is 2. The topological polar surface area (TPSA) is 70.7 Å². The molecule has 2 aromatic rings. The molecule has 7 heteroatoms. The van der Waals surface area contributed by atoms with Crippen molar-refractivity contribution < 1.29 is 18.7 Å². The predicted octanol–water partition coefficient (Wildman–Crippen LogP) is 2.59. The van der Waals surface area contributed by atoms with Crippen molar-refractivity contribution in [2.45, 2.75) is 13.3 Å². The third-order valence-corrected chi connectivity index (χ3v) is 4.53. The molecule has 2 amide bonds. The van der Waals surface area contributed by atoms with Gasteiger partial charge >= 0.3 is 0 Å². The van der Waals surface area contributed by atoms with Crippen molar-refractivity contribution >= 4 is 23.2 Å². The van der Waals surface area contributed by atoms with Crippen LogP contribution < -0.4 is 10.6 Å². The van der Waals surface area contributed by atoms with E-state index in [2.05, 4.69) is 15.5 Å². The number of anilines is 2. The number of halogens is 1. The van der Waals surface area contributed by atoms with Gasteiger partial charge in [0.25, 0.3) is 0 Å². The Kier molecular flexibility index (Phi) is 6.73.